The van der Waals surface area contributed by atoms with Crippen LogP contribution in [0.5, 0.6) is 0 Å². The Hall–Kier alpha value is -3.18. The van der Waals surface area contributed by atoms with Crippen molar-refractivity contribution in [1.82, 2.24) is 19.8 Å². The van der Waals surface area contributed by atoms with E-state index in [1.54, 1.807) is 11.5 Å². The molecule has 30 heavy (non-hydrogen) atoms. The molecule has 2 aromatic rings. The second-order valence-corrected chi connectivity index (χ2v) is 6.96. The maximum Gasteiger partial charge on any atom is 0.408 e. The number of rotatable bonds is 3. The van der Waals surface area contributed by atoms with Gasteiger partial charge in [0.2, 0.25) is 0 Å². The predicted octanol–water partition coefficient (Wildman–Crippen LogP) is 3.28. The van der Waals surface area contributed by atoms with Crippen LogP contribution in [0.2, 0.25) is 0 Å². The smallest absolute Gasteiger partial charge is 0.339 e. The van der Waals surface area contributed by atoms with Gasteiger partial charge in [-0.25, -0.2) is 18.6 Å². The molecule has 1 aromatic heterocycles. The van der Waals surface area contributed by atoms with E-state index in [2.05, 4.69) is 10.3 Å². The minimum Gasteiger partial charge on any atom is -0.339 e. The summed E-state index contributed by atoms with van der Waals surface area (Å²) < 4.78 is 66.1. The number of nitrogens with one attached hydrogen (secondary N) is 2. The van der Waals surface area contributed by atoms with Gasteiger partial charge in [-0.3, -0.25) is 4.79 Å². The number of anilines is 1. The van der Waals surface area contributed by atoms with E-state index >= 15 is 0 Å². The Bertz CT molecular complexity index is 974. The summed E-state index contributed by atoms with van der Waals surface area (Å²) in [5.41, 5.74) is 0.0752. The molecule has 2 heterocycles. The van der Waals surface area contributed by atoms with E-state index in [0.717, 1.165) is 19.1 Å². The fourth-order valence-corrected chi connectivity index (χ4v) is 3.01. The molecule has 2 N–H and O–H groups in total. The quantitative estimate of drug-likeness (QED) is 0.733. The third kappa shape index (κ3) is 4.36. The topological polar surface area (TPSA) is 79.3 Å². The zero-order chi connectivity index (χ0) is 22.2. The van der Waals surface area contributed by atoms with E-state index < -0.39 is 35.8 Å². The highest BCUT2D eigenvalue weighted by Crippen LogP contribution is 2.24. The maximum atomic E-state index is 13.4. The van der Waals surface area contributed by atoms with Gasteiger partial charge in [0.1, 0.15) is 6.04 Å². The lowest BCUT2D eigenvalue weighted by atomic mass is 10.1. The molecule has 0 spiro atoms. The van der Waals surface area contributed by atoms with Crippen LogP contribution in [0.15, 0.2) is 24.5 Å². The number of carbonyl (C=O) groups excluding carboxylic acids is 2. The molecular formula is C18H18F5N5O2. The van der Waals surface area contributed by atoms with Gasteiger partial charge in [-0.1, -0.05) is 0 Å². The van der Waals surface area contributed by atoms with Crippen molar-refractivity contribution in [1.29, 1.82) is 0 Å². The molecule has 0 saturated carbocycles. The van der Waals surface area contributed by atoms with Gasteiger partial charge in [0.05, 0.1) is 18.6 Å². The van der Waals surface area contributed by atoms with E-state index in [0.29, 0.717) is 0 Å². The molecule has 162 valence electrons. The molecule has 7 nitrogen and oxygen atoms in total. The highest BCUT2D eigenvalue weighted by atomic mass is 19.4. The van der Waals surface area contributed by atoms with Gasteiger partial charge in [0, 0.05) is 24.3 Å². The van der Waals surface area contributed by atoms with Gasteiger partial charge in [-0.15, -0.1) is 0 Å². The van der Waals surface area contributed by atoms with Gasteiger partial charge in [-0.05, 0) is 26.0 Å². The number of hydrogen-bond donors (Lipinski definition) is 2. The van der Waals surface area contributed by atoms with Crippen molar-refractivity contribution in [2.75, 3.05) is 5.32 Å². The first-order chi connectivity index (χ1) is 14.0. The largest absolute Gasteiger partial charge is 0.408 e. The van der Waals surface area contributed by atoms with Crippen LogP contribution in [0.1, 0.15) is 30.0 Å². The molecule has 0 radical (unpaired) electrons. The van der Waals surface area contributed by atoms with Gasteiger partial charge < -0.3 is 20.1 Å². The van der Waals surface area contributed by atoms with E-state index in [-0.39, 0.29) is 36.2 Å². The van der Waals surface area contributed by atoms with Crippen molar-refractivity contribution in [3.05, 3.63) is 47.5 Å². The van der Waals surface area contributed by atoms with Crippen molar-refractivity contribution in [3.63, 3.8) is 0 Å². The SMILES string of the molecule is C[C@H]1Cn2cnc(C(=O)N[C@H](C)C(F)(F)F)c2CN1C(=O)Nc1ccc(F)c(F)c1. The van der Waals surface area contributed by atoms with Crippen LogP contribution in [0.3, 0.4) is 0 Å². The summed E-state index contributed by atoms with van der Waals surface area (Å²) >= 11 is 0. The molecule has 1 aromatic carbocycles. The summed E-state index contributed by atoms with van der Waals surface area (Å²) in [5, 5.41) is 4.28. The Labute approximate surface area is 167 Å². The third-order valence-electron chi connectivity index (χ3n) is 4.74. The molecule has 0 aliphatic carbocycles. The van der Waals surface area contributed by atoms with Crippen LogP contribution in [-0.4, -0.2) is 44.6 Å². The number of alkyl halides is 3. The normalized spacial score (nSPS) is 17.3. The summed E-state index contributed by atoms with van der Waals surface area (Å²) in [6.45, 7) is 2.67. The molecule has 0 bridgehead atoms. The zero-order valence-corrected chi connectivity index (χ0v) is 15.9. The highest BCUT2D eigenvalue weighted by molar-refractivity contribution is 5.94. The first-order valence-electron chi connectivity index (χ1n) is 8.91. The summed E-state index contributed by atoms with van der Waals surface area (Å²) in [5.74, 6) is -3.20. The minimum absolute atomic E-state index is 0.0298. The number of benzene rings is 1. The van der Waals surface area contributed by atoms with E-state index in [1.807, 2.05) is 5.32 Å². The molecule has 1 aliphatic heterocycles. The van der Waals surface area contributed by atoms with Crippen molar-refractivity contribution in [2.24, 2.45) is 0 Å². The Morgan fingerprint density at radius 1 is 1.23 bits per heavy atom. The summed E-state index contributed by atoms with van der Waals surface area (Å²) in [6, 6.07) is -0.199. The van der Waals surface area contributed by atoms with Crippen molar-refractivity contribution in [2.45, 2.75) is 45.2 Å². The van der Waals surface area contributed by atoms with Crippen molar-refractivity contribution in [3.8, 4) is 0 Å². The summed E-state index contributed by atoms with van der Waals surface area (Å²) in [4.78, 5) is 30.1. The number of amides is 3. The van der Waals surface area contributed by atoms with E-state index in [4.69, 9.17) is 0 Å². The van der Waals surface area contributed by atoms with Crippen LogP contribution < -0.4 is 10.6 Å². The number of aromatic nitrogens is 2. The van der Waals surface area contributed by atoms with Gasteiger partial charge in [-0.2, -0.15) is 13.2 Å². The van der Waals surface area contributed by atoms with Gasteiger partial charge in [0.15, 0.2) is 17.3 Å². The lowest BCUT2D eigenvalue weighted by Gasteiger charge is -2.34. The number of fused-ring (bicyclic) bond motifs is 1. The van der Waals surface area contributed by atoms with E-state index in [1.165, 1.54) is 17.3 Å². The Kier molecular flexibility index (Phi) is 5.68. The van der Waals surface area contributed by atoms with Crippen LogP contribution >= 0.6 is 0 Å². The zero-order valence-electron chi connectivity index (χ0n) is 15.9. The van der Waals surface area contributed by atoms with Gasteiger partial charge in [0.25, 0.3) is 5.91 Å². The van der Waals surface area contributed by atoms with E-state index in [9.17, 15) is 31.5 Å². The summed E-state index contributed by atoms with van der Waals surface area (Å²) in [7, 11) is 0. The molecule has 3 amide bonds. The molecular weight excluding hydrogens is 413 g/mol. The molecule has 0 fully saturated rings. The predicted molar refractivity (Wildman–Crippen MR) is 95.6 cm³/mol. The number of nitrogens with zero attached hydrogens (tertiary/aromatic N) is 3. The number of carbonyl (C=O) groups is 2. The monoisotopic (exact) mass is 431 g/mol. The van der Waals surface area contributed by atoms with Gasteiger partial charge >= 0.3 is 12.2 Å². The van der Waals surface area contributed by atoms with Crippen LogP contribution in [0.4, 0.5) is 32.4 Å². The maximum absolute atomic E-state index is 13.4. The first kappa shape index (κ1) is 21.5. The van der Waals surface area contributed by atoms with Crippen molar-refractivity contribution >= 4 is 17.6 Å². The molecule has 1 aliphatic rings. The summed E-state index contributed by atoms with van der Waals surface area (Å²) in [6.07, 6.45) is -3.29. The Morgan fingerprint density at radius 3 is 2.57 bits per heavy atom. The first-order valence-corrected chi connectivity index (χ1v) is 8.91. The fourth-order valence-electron chi connectivity index (χ4n) is 3.01. The van der Waals surface area contributed by atoms with Crippen LogP contribution in [0, 0.1) is 11.6 Å². The second kappa shape index (κ2) is 7.92. The third-order valence-corrected chi connectivity index (χ3v) is 4.74. The van der Waals surface area contributed by atoms with Crippen molar-refractivity contribution < 1.29 is 31.5 Å². The highest BCUT2D eigenvalue weighted by Gasteiger charge is 2.38. The van der Waals surface area contributed by atoms with Crippen LogP contribution in [0.25, 0.3) is 0 Å². The Balaban J connectivity index is 1.77. The molecule has 12 heteroatoms. The molecule has 3 rings (SSSR count). The molecule has 2 atom stereocenters. The molecule has 0 unspecified atom stereocenters. The lowest BCUT2D eigenvalue weighted by Crippen LogP contribution is -2.47. The fraction of sp³-hybridized carbons (Fsp3) is 0.389. The average Bonchev–Trinajstić information content (AvgIpc) is 3.05. The standard InChI is InChI=1S/C18H18F5N5O2/c1-9-6-27-8-24-15(16(29)25-10(2)18(21,22)23)14(27)7-28(9)17(30)26-11-3-4-12(19)13(20)5-11/h3-5,8-10H,6-7H2,1-2H3,(H,25,29)(H,26,30)/t9-,10+/m0/s1. The average molecular weight is 431 g/mol. The number of imidazole rings is 1. The Morgan fingerprint density at radius 2 is 1.93 bits per heavy atom. The number of urea groups is 1. The second-order valence-electron chi connectivity index (χ2n) is 6.96. The lowest BCUT2D eigenvalue weighted by molar-refractivity contribution is -0.149. The molecule has 0 saturated heterocycles. The van der Waals surface area contributed by atoms with Crippen LogP contribution in [-0.2, 0) is 13.1 Å². The number of hydrogen-bond acceptors (Lipinski definition) is 3. The number of halogens is 5. The minimum atomic E-state index is -4.61.